The number of benzene rings is 2. The quantitative estimate of drug-likeness (QED) is 0.413. The highest BCUT2D eigenvalue weighted by Crippen LogP contribution is 2.38. The second kappa shape index (κ2) is 8.37. The van der Waals surface area contributed by atoms with Gasteiger partial charge in [0, 0.05) is 6.54 Å². The second-order valence-corrected chi connectivity index (χ2v) is 7.97. The SMILES string of the molecule is O=C(CCN1C(=O)[C@H]2CCCC[C@@H]2C1=O)Oc1ccc(-c2ccccc2)cc1Cl. The molecule has 0 aromatic heterocycles. The van der Waals surface area contributed by atoms with Crippen LogP contribution in [0.3, 0.4) is 0 Å². The van der Waals surface area contributed by atoms with E-state index in [4.69, 9.17) is 16.3 Å². The van der Waals surface area contributed by atoms with Crippen LogP contribution in [0.25, 0.3) is 11.1 Å². The molecule has 29 heavy (non-hydrogen) atoms. The van der Waals surface area contributed by atoms with Crippen molar-refractivity contribution in [3.05, 3.63) is 53.6 Å². The van der Waals surface area contributed by atoms with E-state index in [0.29, 0.717) is 5.02 Å². The molecule has 1 aliphatic carbocycles. The van der Waals surface area contributed by atoms with E-state index in [0.717, 1.165) is 36.8 Å². The lowest BCUT2D eigenvalue weighted by atomic mass is 9.81. The van der Waals surface area contributed by atoms with E-state index < -0.39 is 5.97 Å². The van der Waals surface area contributed by atoms with Gasteiger partial charge < -0.3 is 4.74 Å². The smallest absolute Gasteiger partial charge is 0.313 e. The fourth-order valence-electron chi connectivity index (χ4n) is 4.22. The lowest BCUT2D eigenvalue weighted by molar-refractivity contribution is -0.141. The van der Waals surface area contributed by atoms with Crippen LogP contribution in [0.5, 0.6) is 5.75 Å². The average Bonchev–Trinajstić information content (AvgIpc) is 2.99. The van der Waals surface area contributed by atoms with Gasteiger partial charge in [-0.3, -0.25) is 19.3 Å². The molecular formula is C23H22ClNO4. The number of carbonyl (C=O) groups excluding carboxylic acids is 3. The largest absolute Gasteiger partial charge is 0.425 e. The van der Waals surface area contributed by atoms with E-state index >= 15 is 0 Å². The molecule has 150 valence electrons. The highest BCUT2D eigenvalue weighted by Gasteiger charge is 2.47. The van der Waals surface area contributed by atoms with E-state index in [1.807, 2.05) is 36.4 Å². The van der Waals surface area contributed by atoms with E-state index in [9.17, 15) is 14.4 Å². The van der Waals surface area contributed by atoms with Gasteiger partial charge in [-0.1, -0.05) is 60.8 Å². The third-order valence-corrected chi connectivity index (χ3v) is 6.03. The maximum absolute atomic E-state index is 12.5. The number of carbonyl (C=O) groups is 3. The normalized spacial score (nSPS) is 21.2. The number of halogens is 1. The van der Waals surface area contributed by atoms with Crippen molar-refractivity contribution in [3.8, 4) is 16.9 Å². The van der Waals surface area contributed by atoms with Crippen LogP contribution in [0.15, 0.2) is 48.5 Å². The zero-order valence-corrected chi connectivity index (χ0v) is 16.7. The molecule has 1 saturated heterocycles. The number of nitrogens with zero attached hydrogens (tertiary/aromatic N) is 1. The summed E-state index contributed by atoms with van der Waals surface area (Å²) in [5.74, 6) is -0.936. The van der Waals surface area contributed by atoms with Crippen molar-refractivity contribution >= 4 is 29.4 Å². The first-order chi connectivity index (χ1) is 14.0. The van der Waals surface area contributed by atoms with E-state index in [1.165, 1.54) is 4.90 Å². The summed E-state index contributed by atoms with van der Waals surface area (Å²) in [5, 5.41) is 0.332. The number of ether oxygens (including phenoxy) is 1. The Labute approximate surface area is 174 Å². The van der Waals surface area contributed by atoms with Crippen LogP contribution in [0.2, 0.25) is 5.02 Å². The Morgan fingerprint density at radius 2 is 1.62 bits per heavy atom. The molecule has 0 unspecified atom stereocenters. The number of rotatable bonds is 5. The van der Waals surface area contributed by atoms with Crippen molar-refractivity contribution in [2.75, 3.05) is 6.54 Å². The molecule has 0 spiro atoms. The Kier molecular flexibility index (Phi) is 5.67. The van der Waals surface area contributed by atoms with Gasteiger partial charge in [0.15, 0.2) is 0 Å². The number of amides is 2. The van der Waals surface area contributed by atoms with Crippen LogP contribution in [0.4, 0.5) is 0 Å². The predicted molar refractivity (Wildman–Crippen MR) is 109 cm³/mol. The van der Waals surface area contributed by atoms with Crippen LogP contribution in [0.1, 0.15) is 32.1 Å². The molecule has 0 radical (unpaired) electrons. The van der Waals surface area contributed by atoms with Crippen LogP contribution in [-0.4, -0.2) is 29.2 Å². The molecule has 2 atom stereocenters. The molecule has 1 aliphatic heterocycles. The molecular weight excluding hydrogens is 390 g/mol. The third-order valence-electron chi connectivity index (χ3n) is 5.73. The summed E-state index contributed by atoms with van der Waals surface area (Å²) in [5.41, 5.74) is 1.94. The molecule has 2 fully saturated rings. The highest BCUT2D eigenvalue weighted by molar-refractivity contribution is 6.32. The maximum Gasteiger partial charge on any atom is 0.313 e. The average molecular weight is 412 g/mol. The fourth-order valence-corrected chi connectivity index (χ4v) is 4.44. The molecule has 1 saturated carbocycles. The number of imide groups is 1. The number of esters is 1. The molecule has 2 amide bonds. The molecule has 4 rings (SSSR count). The standard InChI is InChI=1S/C23H22ClNO4/c24-19-14-16(15-6-2-1-3-7-15)10-11-20(19)29-21(26)12-13-25-22(27)17-8-4-5-9-18(17)23(25)28/h1-3,6-7,10-11,14,17-18H,4-5,8-9,12-13H2/t17-,18-/m0/s1. The van der Waals surface area contributed by atoms with E-state index in [2.05, 4.69) is 0 Å². The van der Waals surface area contributed by atoms with Crippen molar-refractivity contribution < 1.29 is 19.1 Å². The first kappa shape index (κ1) is 19.6. The predicted octanol–water partition coefficient (Wildman–Crippen LogP) is 4.48. The van der Waals surface area contributed by atoms with Gasteiger partial charge >= 0.3 is 5.97 Å². The number of hydrogen-bond acceptors (Lipinski definition) is 4. The second-order valence-electron chi connectivity index (χ2n) is 7.56. The zero-order chi connectivity index (χ0) is 20.4. The lowest BCUT2D eigenvalue weighted by Crippen LogP contribution is -2.33. The summed E-state index contributed by atoms with van der Waals surface area (Å²) in [6.07, 6.45) is 3.44. The summed E-state index contributed by atoms with van der Waals surface area (Å²) in [6, 6.07) is 15.0. The Balaban J connectivity index is 1.36. The molecule has 6 heteroatoms. The molecule has 2 aliphatic rings. The Morgan fingerprint density at radius 1 is 0.966 bits per heavy atom. The first-order valence-corrected chi connectivity index (χ1v) is 10.3. The highest BCUT2D eigenvalue weighted by atomic mass is 35.5. The summed E-state index contributed by atoms with van der Waals surface area (Å²) < 4.78 is 5.36. The van der Waals surface area contributed by atoms with Crippen molar-refractivity contribution in [2.45, 2.75) is 32.1 Å². The first-order valence-electron chi connectivity index (χ1n) is 9.95. The number of likely N-dealkylation sites (tertiary alicyclic amines) is 1. The van der Waals surface area contributed by atoms with Gasteiger partial charge in [0.05, 0.1) is 23.3 Å². The summed E-state index contributed by atoms with van der Waals surface area (Å²) in [4.78, 5) is 38.5. The Bertz CT molecular complexity index is 919. The number of fused-ring (bicyclic) bond motifs is 1. The molecule has 1 heterocycles. The summed E-state index contributed by atoms with van der Waals surface area (Å²) >= 11 is 6.28. The van der Waals surface area contributed by atoms with Gasteiger partial charge in [-0.2, -0.15) is 0 Å². The van der Waals surface area contributed by atoms with E-state index in [-0.39, 0.29) is 42.4 Å². The topological polar surface area (TPSA) is 63.7 Å². The van der Waals surface area contributed by atoms with Gasteiger partial charge in [0.1, 0.15) is 5.75 Å². The lowest BCUT2D eigenvalue weighted by Gasteiger charge is -2.19. The molecule has 0 bridgehead atoms. The van der Waals surface area contributed by atoms with Gasteiger partial charge in [-0.15, -0.1) is 0 Å². The van der Waals surface area contributed by atoms with Gasteiger partial charge in [0.25, 0.3) is 0 Å². The summed E-state index contributed by atoms with van der Waals surface area (Å²) in [7, 11) is 0. The Hall–Kier alpha value is -2.66. The minimum absolute atomic E-state index is 0.0479. The van der Waals surface area contributed by atoms with Crippen molar-refractivity contribution in [2.24, 2.45) is 11.8 Å². The number of hydrogen-bond donors (Lipinski definition) is 0. The zero-order valence-electron chi connectivity index (χ0n) is 16.0. The van der Waals surface area contributed by atoms with Crippen LogP contribution >= 0.6 is 11.6 Å². The van der Waals surface area contributed by atoms with Crippen molar-refractivity contribution in [1.82, 2.24) is 4.90 Å². The van der Waals surface area contributed by atoms with E-state index in [1.54, 1.807) is 12.1 Å². The van der Waals surface area contributed by atoms with Crippen LogP contribution < -0.4 is 4.74 Å². The monoisotopic (exact) mass is 411 g/mol. The third kappa shape index (κ3) is 4.06. The van der Waals surface area contributed by atoms with Gasteiger partial charge in [-0.05, 0) is 36.1 Å². The molecule has 5 nitrogen and oxygen atoms in total. The minimum atomic E-state index is -0.519. The maximum atomic E-state index is 12.5. The van der Waals surface area contributed by atoms with Gasteiger partial charge in [-0.25, -0.2) is 0 Å². The Morgan fingerprint density at radius 3 is 2.24 bits per heavy atom. The molecule has 2 aromatic rings. The fraction of sp³-hybridized carbons (Fsp3) is 0.348. The van der Waals surface area contributed by atoms with Crippen molar-refractivity contribution in [3.63, 3.8) is 0 Å². The summed E-state index contributed by atoms with van der Waals surface area (Å²) in [6.45, 7) is 0.0587. The van der Waals surface area contributed by atoms with Gasteiger partial charge in [0.2, 0.25) is 11.8 Å². The van der Waals surface area contributed by atoms with Crippen LogP contribution in [0, 0.1) is 11.8 Å². The molecule has 2 aromatic carbocycles. The van der Waals surface area contributed by atoms with Crippen LogP contribution in [-0.2, 0) is 14.4 Å². The van der Waals surface area contributed by atoms with Crippen molar-refractivity contribution in [1.29, 1.82) is 0 Å². The minimum Gasteiger partial charge on any atom is -0.425 e. The molecule has 0 N–H and O–H groups in total.